The first kappa shape index (κ1) is 8.57. The van der Waals surface area contributed by atoms with Crippen LogP contribution in [0.4, 0.5) is 0 Å². The molecule has 0 aromatic rings. The Bertz CT molecular complexity index is 154. The monoisotopic (exact) mass is 155 g/mol. The number of nitrogens with zero attached hydrogens (tertiary/aromatic N) is 1. The molecule has 1 aliphatic carbocycles. The molecule has 0 spiro atoms. The van der Waals surface area contributed by atoms with Crippen molar-refractivity contribution in [2.45, 2.75) is 33.1 Å². The maximum Gasteiger partial charge on any atom is 0.106 e. The molecule has 0 saturated heterocycles. The number of hydrogen-bond donors (Lipinski definition) is 0. The lowest BCUT2D eigenvalue weighted by Gasteiger charge is -2.24. The van der Waals surface area contributed by atoms with Crippen molar-refractivity contribution in [1.82, 2.24) is 0 Å². The van der Waals surface area contributed by atoms with E-state index >= 15 is 0 Å². The average Bonchev–Trinajstić information content (AvgIpc) is 1.98. The molecule has 0 radical (unpaired) electrons. The van der Waals surface area contributed by atoms with E-state index in [4.69, 9.17) is 4.84 Å². The van der Waals surface area contributed by atoms with Crippen molar-refractivity contribution in [2.24, 2.45) is 17.0 Å². The number of rotatable bonds is 1. The molecule has 64 valence electrons. The molecule has 0 N–H and O–H groups in total. The summed E-state index contributed by atoms with van der Waals surface area (Å²) in [4.78, 5) is 4.79. The van der Waals surface area contributed by atoms with E-state index in [1.54, 1.807) is 7.11 Å². The summed E-state index contributed by atoms with van der Waals surface area (Å²) < 4.78 is 0. The molecule has 1 aliphatic rings. The van der Waals surface area contributed by atoms with Gasteiger partial charge < -0.3 is 4.84 Å². The molecule has 0 amide bonds. The molecule has 0 bridgehead atoms. The zero-order valence-electron chi connectivity index (χ0n) is 7.63. The van der Waals surface area contributed by atoms with Crippen LogP contribution in [0.15, 0.2) is 5.16 Å². The topological polar surface area (TPSA) is 21.6 Å². The first-order chi connectivity index (χ1) is 5.24. The van der Waals surface area contributed by atoms with Gasteiger partial charge in [0, 0.05) is 0 Å². The summed E-state index contributed by atoms with van der Waals surface area (Å²) in [6.45, 7) is 4.50. The first-order valence-corrected chi connectivity index (χ1v) is 4.34. The predicted octanol–water partition coefficient (Wildman–Crippen LogP) is 2.44. The van der Waals surface area contributed by atoms with Crippen molar-refractivity contribution >= 4 is 5.71 Å². The van der Waals surface area contributed by atoms with Crippen LogP contribution in [-0.4, -0.2) is 12.8 Å². The normalized spacial score (nSPS) is 35.7. The Kier molecular flexibility index (Phi) is 2.92. The van der Waals surface area contributed by atoms with E-state index in [-0.39, 0.29) is 0 Å². The SMILES string of the molecule is CO/N=C1\C[C@@H](C)CCC1C. The van der Waals surface area contributed by atoms with Crippen LogP contribution in [-0.2, 0) is 4.84 Å². The molecule has 0 aromatic carbocycles. The lowest BCUT2D eigenvalue weighted by molar-refractivity contribution is 0.207. The van der Waals surface area contributed by atoms with Crippen LogP contribution in [0.2, 0.25) is 0 Å². The molecule has 1 fully saturated rings. The maximum atomic E-state index is 4.79. The Hall–Kier alpha value is -0.530. The van der Waals surface area contributed by atoms with Crippen LogP contribution in [0.25, 0.3) is 0 Å². The Labute approximate surface area is 68.6 Å². The molecular weight excluding hydrogens is 138 g/mol. The van der Waals surface area contributed by atoms with E-state index in [1.807, 2.05) is 0 Å². The molecule has 2 heteroatoms. The summed E-state index contributed by atoms with van der Waals surface area (Å²) >= 11 is 0. The predicted molar refractivity (Wildman–Crippen MR) is 46.6 cm³/mol. The molecule has 1 rings (SSSR count). The third-order valence-electron chi connectivity index (χ3n) is 2.43. The zero-order chi connectivity index (χ0) is 8.27. The molecule has 1 unspecified atom stereocenters. The van der Waals surface area contributed by atoms with Crippen molar-refractivity contribution < 1.29 is 4.84 Å². The minimum Gasteiger partial charge on any atom is -0.399 e. The number of hydrogen-bond acceptors (Lipinski definition) is 2. The van der Waals surface area contributed by atoms with Gasteiger partial charge in [0.1, 0.15) is 7.11 Å². The van der Waals surface area contributed by atoms with Gasteiger partial charge in [-0.2, -0.15) is 0 Å². The standard InChI is InChI=1S/C9H17NO/c1-7-4-5-8(2)9(6-7)10-11-3/h7-8H,4-6H2,1-3H3/b10-9+/t7-,8?/m0/s1. The van der Waals surface area contributed by atoms with E-state index < -0.39 is 0 Å². The van der Waals surface area contributed by atoms with Crippen LogP contribution >= 0.6 is 0 Å². The van der Waals surface area contributed by atoms with Gasteiger partial charge in [0.05, 0.1) is 5.71 Å². The van der Waals surface area contributed by atoms with E-state index in [0.29, 0.717) is 5.92 Å². The molecule has 1 saturated carbocycles. The second kappa shape index (κ2) is 3.74. The highest BCUT2D eigenvalue weighted by Crippen LogP contribution is 2.25. The summed E-state index contributed by atoms with van der Waals surface area (Å²) in [7, 11) is 1.62. The fourth-order valence-corrected chi connectivity index (χ4v) is 1.61. The van der Waals surface area contributed by atoms with E-state index in [0.717, 1.165) is 12.3 Å². The van der Waals surface area contributed by atoms with Crippen LogP contribution in [0, 0.1) is 11.8 Å². The summed E-state index contributed by atoms with van der Waals surface area (Å²) in [5, 5.41) is 4.03. The third kappa shape index (κ3) is 2.21. The highest BCUT2D eigenvalue weighted by Gasteiger charge is 2.21. The summed E-state index contributed by atoms with van der Waals surface area (Å²) in [6.07, 6.45) is 3.72. The summed E-state index contributed by atoms with van der Waals surface area (Å²) in [6, 6.07) is 0. The Morgan fingerprint density at radius 3 is 2.73 bits per heavy atom. The van der Waals surface area contributed by atoms with E-state index in [9.17, 15) is 0 Å². The molecule has 2 nitrogen and oxygen atoms in total. The highest BCUT2D eigenvalue weighted by atomic mass is 16.6. The number of oxime groups is 1. The lowest BCUT2D eigenvalue weighted by atomic mass is 9.82. The van der Waals surface area contributed by atoms with Crippen molar-refractivity contribution in [3.05, 3.63) is 0 Å². The average molecular weight is 155 g/mol. The van der Waals surface area contributed by atoms with Crippen LogP contribution < -0.4 is 0 Å². The minimum absolute atomic E-state index is 0.631. The van der Waals surface area contributed by atoms with Crippen molar-refractivity contribution in [3.8, 4) is 0 Å². The molecule has 2 atom stereocenters. The lowest BCUT2D eigenvalue weighted by Crippen LogP contribution is -2.21. The van der Waals surface area contributed by atoms with Crippen molar-refractivity contribution in [3.63, 3.8) is 0 Å². The minimum atomic E-state index is 0.631. The van der Waals surface area contributed by atoms with Gasteiger partial charge in [-0.15, -0.1) is 0 Å². The van der Waals surface area contributed by atoms with Gasteiger partial charge in [0.15, 0.2) is 0 Å². The molecule has 0 aliphatic heterocycles. The highest BCUT2D eigenvalue weighted by molar-refractivity contribution is 5.86. The Morgan fingerprint density at radius 2 is 2.09 bits per heavy atom. The molecule has 0 aromatic heterocycles. The van der Waals surface area contributed by atoms with Gasteiger partial charge >= 0.3 is 0 Å². The van der Waals surface area contributed by atoms with Gasteiger partial charge in [-0.05, 0) is 31.1 Å². The second-order valence-corrected chi connectivity index (χ2v) is 3.55. The molecule has 0 heterocycles. The summed E-state index contributed by atoms with van der Waals surface area (Å²) in [5.41, 5.74) is 1.24. The molecular formula is C9H17NO. The van der Waals surface area contributed by atoms with Crippen LogP contribution in [0.3, 0.4) is 0 Å². The van der Waals surface area contributed by atoms with Crippen molar-refractivity contribution in [2.75, 3.05) is 7.11 Å². The largest absolute Gasteiger partial charge is 0.399 e. The van der Waals surface area contributed by atoms with Crippen molar-refractivity contribution in [1.29, 1.82) is 0 Å². The van der Waals surface area contributed by atoms with Gasteiger partial charge in [0.25, 0.3) is 0 Å². The van der Waals surface area contributed by atoms with Gasteiger partial charge in [-0.3, -0.25) is 0 Å². The second-order valence-electron chi connectivity index (χ2n) is 3.55. The van der Waals surface area contributed by atoms with Gasteiger partial charge in [0.2, 0.25) is 0 Å². The zero-order valence-corrected chi connectivity index (χ0v) is 7.63. The van der Waals surface area contributed by atoms with Gasteiger partial charge in [-0.1, -0.05) is 19.0 Å². The third-order valence-corrected chi connectivity index (χ3v) is 2.43. The first-order valence-electron chi connectivity index (χ1n) is 4.34. The Balaban J connectivity index is 2.54. The fraction of sp³-hybridized carbons (Fsp3) is 0.889. The molecule has 11 heavy (non-hydrogen) atoms. The quantitative estimate of drug-likeness (QED) is 0.533. The van der Waals surface area contributed by atoms with E-state index in [2.05, 4.69) is 19.0 Å². The Morgan fingerprint density at radius 1 is 1.36 bits per heavy atom. The van der Waals surface area contributed by atoms with Crippen LogP contribution in [0.5, 0.6) is 0 Å². The van der Waals surface area contributed by atoms with Crippen LogP contribution in [0.1, 0.15) is 33.1 Å². The van der Waals surface area contributed by atoms with Gasteiger partial charge in [-0.25, -0.2) is 0 Å². The smallest absolute Gasteiger partial charge is 0.106 e. The summed E-state index contributed by atoms with van der Waals surface area (Å²) in [5.74, 6) is 1.42. The fourth-order valence-electron chi connectivity index (χ4n) is 1.61. The maximum absolute atomic E-state index is 4.79. The van der Waals surface area contributed by atoms with E-state index in [1.165, 1.54) is 18.6 Å².